The summed E-state index contributed by atoms with van der Waals surface area (Å²) in [5.41, 5.74) is 13.6. The minimum absolute atomic E-state index is 0.658. The fraction of sp³-hybridized carbons (Fsp3) is 0. The summed E-state index contributed by atoms with van der Waals surface area (Å²) in [4.78, 5) is 13.2. The number of hydrogen-bond donors (Lipinski definition) is 0. The second kappa shape index (κ2) is 13.3. The Morgan fingerprint density at radius 2 is 1.00 bits per heavy atom. The summed E-state index contributed by atoms with van der Waals surface area (Å²) >= 11 is 1.88. The molecule has 1 aliphatic rings. The van der Waals surface area contributed by atoms with Crippen LogP contribution < -0.4 is 0 Å². The summed E-state index contributed by atoms with van der Waals surface area (Å²) in [6.07, 6.45) is 0. The molecule has 4 nitrogen and oxygen atoms in total. The van der Waals surface area contributed by atoms with Gasteiger partial charge in [-0.1, -0.05) is 151 Å². The Morgan fingerprint density at radius 1 is 0.349 bits per heavy atom. The normalized spacial score (nSPS) is 12.4. The second-order valence-electron chi connectivity index (χ2n) is 16.5. The van der Waals surface area contributed by atoms with Crippen LogP contribution in [0.2, 0.25) is 0 Å². The molecule has 14 rings (SSSR count). The smallest absolute Gasteiger partial charge is 0.235 e. The maximum Gasteiger partial charge on any atom is 0.235 e. The quantitative estimate of drug-likeness (QED) is 0.177. The van der Waals surface area contributed by atoms with Crippen LogP contribution in [0.5, 0.6) is 0 Å². The molecule has 0 spiro atoms. The van der Waals surface area contributed by atoms with Crippen LogP contribution in [0.1, 0.15) is 0 Å². The summed E-state index contributed by atoms with van der Waals surface area (Å²) in [6.45, 7) is 0. The zero-order chi connectivity index (χ0) is 41.2. The third kappa shape index (κ3) is 5.11. The van der Waals surface area contributed by atoms with Gasteiger partial charge in [-0.3, -0.25) is 4.57 Å². The minimum Gasteiger partial charge on any atom is -0.309 e. The molecule has 3 aromatic heterocycles. The van der Waals surface area contributed by atoms with E-state index in [2.05, 4.69) is 215 Å². The lowest BCUT2D eigenvalue weighted by atomic mass is 9.94. The number of benzene rings is 10. The average molecular weight is 819 g/mol. The van der Waals surface area contributed by atoms with Gasteiger partial charge in [0.05, 0.1) is 33.3 Å². The van der Waals surface area contributed by atoms with Crippen molar-refractivity contribution >= 4 is 87.8 Å². The molecular weight excluding hydrogens is 785 g/mol. The Hall–Kier alpha value is -7.99. The van der Waals surface area contributed by atoms with Gasteiger partial charge in [0.1, 0.15) is 0 Å². The van der Waals surface area contributed by atoms with E-state index in [1.807, 2.05) is 11.8 Å². The predicted octanol–water partition coefficient (Wildman–Crippen LogP) is 15.6. The molecule has 292 valence electrons. The van der Waals surface area contributed by atoms with Crippen molar-refractivity contribution in [1.29, 1.82) is 0 Å². The summed E-state index contributed by atoms with van der Waals surface area (Å²) in [5, 5.41) is 10.9. The molecule has 0 amide bonds. The summed E-state index contributed by atoms with van der Waals surface area (Å²) < 4.78 is 4.71. The maximum atomic E-state index is 5.37. The minimum atomic E-state index is 0.658. The molecular formula is C58H34N4S. The van der Waals surface area contributed by atoms with Crippen molar-refractivity contribution in [2.45, 2.75) is 9.79 Å². The van der Waals surface area contributed by atoms with Gasteiger partial charge in [-0.05, 0) is 105 Å². The molecule has 0 fully saturated rings. The fourth-order valence-corrected chi connectivity index (χ4v) is 11.4. The second-order valence-corrected chi connectivity index (χ2v) is 17.6. The van der Waals surface area contributed by atoms with E-state index in [1.54, 1.807) is 0 Å². The lowest BCUT2D eigenvalue weighted by molar-refractivity contribution is 1.01. The lowest BCUT2D eigenvalue weighted by Gasteiger charge is -2.21. The third-order valence-electron chi connectivity index (χ3n) is 13.1. The van der Waals surface area contributed by atoms with Crippen LogP contribution in [0.15, 0.2) is 216 Å². The fourth-order valence-electron chi connectivity index (χ4n) is 10.3. The summed E-state index contributed by atoms with van der Waals surface area (Å²) in [5.74, 6) is 0.658. The Kier molecular flexibility index (Phi) is 7.30. The van der Waals surface area contributed by atoms with Crippen molar-refractivity contribution in [2.75, 3.05) is 0 Å². The predicted molar refractivity (Wildman–Crippen MR) is 264 cm³/mol. The van der Waals surface area contributed by atoms with E-state index in [0.717, 1.165) is 49.8 Å². The van der Waals surface area contributed by atoms with Crippen LogP contribution in [-0.4, -0.2) is 19.1 Å². The topological polar surface area (TPSA) is 35.6 Å². The molecule has 5 heteroatoms. The number of rotatable bonds is 4. The largest absolute Gasteiger partial charge is 0.309 e. The first-order valence-corrected chi connectivity index (χ1v) is 22.2. The SMILES string of the molecule is c1ccc(-c2nc(-n3c4ccc(-c5ccc6c(c5)c5c7cccc8c7c(cc5n6-c5ccccc5)Sc5ccccc5-8)cc4c4cc5ccccc5cc43)nc3ccccc23)cc1. The first-order valence-electron chi connectivity index (χ1n) is 21.4. The molecule has 0 aliphatic carbocycles. The molecule has 1 aliphatic heterocycles. The molecule has 0 radical (unpaired) electrons. The van der Waals surface area contributed by atoms with Gasteiger partial charge in [-0.15, -0.1) is 0 Å². The number of aromatic nitrogens is 4. The molecule has 0 saturated heterocycles. The van der Waals surface area contributed by atoms with Gasteiger partial charge < -0.3 is 4.57 Å². The third-order valence-corrected chi connectivity index (χ3v) is 14.2. The van der Waals surface area contributed by atoms with Gasteiger partial charge in [0, 0.05) is 53.4 Å². The highest BCUT2D eigenvalue weighted by atomic mass is 32.2. The van der Waals surface area contributed by atoms with Crippen LogP contribution in [0.25, 0.3) is 121 Å². The van der Waals surface area contributed by atoms with Crippen molar-refractivity contribution in [3.8, 4) is 45.1 Å². The van der Waals surface area contributed by atoms with E-state index in [1.165, 1.54) is 75.2 Å². The van der Waals surface area contributed by atoms with Crippen molar-refractivity contribution in [1.82, 2.24) is 19.1 Å². The monoisotopic (exact) mass is 818 g/mol. The molecule has 0 unspecified atom stereocenters. The van der Waals surface area contributed by atoms with E-state index >= 15 is 0 Å². The van der Waals surface area contributed by atoms with Crippen molar-refractivity contribution in [3.63, 3.8) is 0 Å². The number of fused-ring (bicyclic) bond motifs is 11. The van der Waals surface area contributed by atoms with Crippen molar-refractivity contribution < 1.29 is 0 Å². The first kappa shape index (κ1) is 34.7. The Balaban J connectivity index is 1.03. The van der Waals surface area contributed by atoms with Crippen LogP contribution in [0, 0.1) is 0 Å². The number of hydrogen-bond acceptors (Lipinski definition) is 3. The molecule has 0 N–H and O–H groups in total. The van der Waals surface area contributed by atoms with Gasteiger partial charge in [0.15, 0.2) is 0 Å². The van der Waals surface area contributed by atoms with Gasteiger partial charge >= 0.3 is 0 Å². The van der Waals surface area contributed by atoms with Gasteiger partial charge in [0.2, 0.25) is 5.95 Å². The summed E-state index contributed by atoms with van der Waals surface area (Å²) in [7, 11) is 0. The van der Waals surface area contributed by atoms with Crippen LogP contribution >= 0.6 is 11.8 Å². The summed E-state index contributed by atoms with van der Waals surface area (Å²) in [6, 6.07) is 74.9. The Morgan fingerprint density at radius 3 is 1.84 bits per heavy atom. The zero-order valence-corrected chi connectivity index (χ0v) is 34.6. The Labute approximate surface area is 366 Å². The van der Waals surface area contributed by atoms with Crippen LogP contribution in [0.4, 0.5) is 0 Å². The molecule has 63 heavy (non-hydrogen) atoms. The molecule has 0 saturated carbocycles. The van der Waals surface area contributed by atoms with Gasteiger partial charge in [-0.25, -0.2) is 9.97 Å². The van der Waals surface area contributed by atoms with E-state index in [4.69, 9.17) is 9.97 Å². The van der Waals surface area contributed by atoms with Crippen molar-refractivity contribution in [2.24, 2.45) is 0 Å². The van der Waals surface area contributed by atoms with Gasteiger partial charge in [0.25, 0.3) is 0 Å². The standard InChI is InChI=1S/C58H34N4S/c1-3-14-35(15-4-1)57-43-21-9-11-24-48(43)59-58(60-57)62-49-28-26-38(31-45(49)46-30-36-16-7-8-17-37(36)33-51(46)62)39-27-29-50-47(32-39)55-44-23-13-22-42-41-20-10-12-25-53(41)63-54(56(42)44)34-52(55)61(50)40-18-5-2-6-19-40/h1-34H. The van der Waals surface area contributed by atoms with Crippen molar-refractivity contribution in [3.05, 3.63) is 206 Å². The van der Waals surface area contributed by atoms with E-state index in [0.29, 0.717) is 5.95 Å². The highest BCUT2D eigenvalue weighted by molar-refractivity contribution is 7.99. The molecule has 0 bridgehead atoms. The van der Waals surface area contributed by atoms with Crippen LogP contribution in [0.3, 0.4) is 0 Å². The van der Waals surface area contributed by atoms with Crippen LogP contribution in [-0.2, 0) is 0 Å². The number of nitrogens with zero attached hydrogens (tertiary/aromatic N) is 4. The number of para-hydroxylation sites is 2. The highest BCUT2D eigenvalue weighted by Crippen LogP contribution is 2.51. The Bertz CT molecular complexity index is 4050. The molecule has 13 aromatic rings. The molecule has 10 aromatic carbocycles. The first-order chi connectivity index (χ1) is 31.2. The molecule has 4 heterocycles. The maximum absolute atomic E-state index is 5.37. The highest BCUT2D eigenvalue weighted by Gasteiger charge is 2.25. The van der Waals surface area contributed by atoms with E-state index in [9.17, 15) is 0 Å². The van der Waals surface area contributed by atoms with E-state index < -0.39 is 0 Å². The van der Waals surface area contributed by atoms with Gasteiger partial charge in [-0.2, -0.15) is 0 Å². The average Bonchev–Trinajstić information content (AvgIpc) is 3.84. The molecule has 0 atom stereocenters. The zero-order valence-electron chi connectivity index (χ0n) is 33.8. The lowest BCUT2D eigenvalue weighted by Crippen LogP contribution is -2.03. The van der Waals surface area contributed by atoms with E-state index in [-0.39, 0.29) is 0 Å².